The lowest BCUT2D eigenvalue weighted by Gasteiger charge is -2.24. The monoisotopic (exact) mass is 407 g/mol. The number of thiocarbonyl (C=S) groups is 1. The normalized spacial score (nSPS) is 16.8. The first-order chi connectivity index (χ1) is 13.3. The van der Waals surface area contributed by atoms with Gasteiger partial charge in [0.1, 0.15) is 6.10 Å². The van der Waals surface area contributed by atoms with Gasteiger partial charge in [0.25, 0.3) is 0 Å². The summed E-state index contributed by atoms with van der Waals surface area (Å²) in [5.41, 5.74) is 3.28. The highest BCUT2D eigenvalue weighted by Gasteiger charge is 2.33. The molecule has 2 aromatic rings. The van der Waals surface area contributed by atoms with Gasteiger partial charge in [-0.15, -0.1) is 0 Å². The van der Waals surface area contributed by atoms with Crippen molar-refractivity contribution in [3.8, 4) is 0 Å². The Morgan fingerprint density at radius 3 is 2.61 bits per heavy atom. The summed E-state index contributed by atoms with van der Waals surface area (Å²) in [6.07, 6.45) is -4.64. The molecule has 1 aliphatic heterocycles. The number of carbonyl (C=O) groups is 1. The molecule has 0 radical (unpaired) electrons. The van der Waals surface area contributed by atoms with Crippen molar-refractivity contribution in [2.24, 2.45) is 5.10 Å². The number of alkyl halides is 3. The number of hydrogen-bond donors (Lipinski definition) is 2. The number of nitrogens with one attached hydrogen (secondary N) is 2. The van der Waals surface area contributed by atoms with Crippen LogP contribution in [-0.4, -0.2) is 22.9 Å². The number of para-hydroxylation sites is 1. The van der Waals surface area contributed by atoms with E-state index >= 15 is 0 Å². The predicted octanol–water partition coefficient (Wildman–Crippen LogP) is 4.15. The molecule has 0 aromatic heterocycles. The minimum Gasteiger partial charge on any atom is -0.452 e. The molecule has 0 bridgehead atoms. The maximum Gasteiger partial charge on any atom is 0.418 e. The fourth-order valence-corrected chi connectivity index (χ4v) is 2.92. The topological polar surface area (TPSA) is 62.7 Å². The minimum atomic E-state index is -4.51. The van der Waals surface area contributed by atoms with Gasteiger partial charge in [0, 0.05) is 6.42 Å². The first-order valence-corrected chi connectivity index (χ1v) is 8.73. The third kappa shape index (κ3) is 4.48. The molecule has 0 amide bonds. The molecule has 1 heterocycles. The van der Waals surface area contributed by atoms with E-state index < -0.39 is 23.8 Å². The van der Waals surface area contributed by atoms with Crippen molar-refractivity contribution < 1.29 is 22.7 Å². The van der Waals surface area contributed by atoms with E-state index in [9.17, 15) is 18.0 Å². The Labute approximate surface area is 164 Å². The standard InChI is InChI=1S/C19H16F3N3O2S/c1-11(16-10-12-6-2-3-7-13(12)17(26)27-16)24-25-18(28)23-15-9-5-4-8-14(15)19(20,21)22/h2-9,16H,10H2,1H3,(H2,23,25,28). The number of nitrogens with zero attached hydrogens (tertiary/aromatic N) is 1. The Kier molecular flexibility index (Phi) is 5.64. The first kappa shape index (κ1) is 19.8. The summed E-state index contributed by atoms with van der Waals surface area (Å²) in [7, 11) is 0. The molecule has 1 atom stereocenters. The van der Waals surface area contributed by atoms with Crippen LogP contribution in [0.3, 0.4) is 0 Å². The Bertz CT molecular complexity index is 944. The molecule has 2 N–H and O–H groups in total. The maximum absolute atomic E-state index is 13.0. The van der Waals surface area contributed by atoms with Gasteiger partial charge < -0.3 is 10.1 Å². The van der Waals surface area contributed by atoms with E-state index in [1.165, 1.54) is 18.2 Å². The van der Waals surface area contributed by atoms with Crippen molar-refractivity contribution in [1.82, 2.24) is 5.43 Å². The average molecular weight is 407 g/mol. The van der Waals surface area contributed by atoms with Gasteiger partial charge in [-0.25, -0.2) is 4.79 Å². The molecule has 9 heteroatoms. The first-order valence-electron chi connectivity index (χ1n) is 8.32. The molecule has 2 aromatic carbocycles. The number of cyclic esters (lactones) is 1. The predicted molar refractivity (Wildman–Crippen MR) is 103 cm³/mol. The number of fused-ring (bicyclic) bond motifs is 1. The largest absolute Gasteiger partial charge is 0.452 e. The Morgan fingerprint density at radius 1 is 1.18 bits per heavy atom. The SMILES string of the molecule is CC(=NNC(=S)Nc1ccccc1C(F)(F)F)C1Cc2ccccc2C(=O)O1. The van der Waals surface area contributed by atoms with Crippen molar-refractivity contribution in [3.05, 3.63) is 65.2 Å². The molecule has 0 saturated carbocycles. The van der Waals surface area contributed by atoms with E-state index in [1.54, 1.807) is 19.1 Å². The Hall–Kier alpha value is -2.94. The molecular formula is C19H16F3N3O2S. The van der Waals surface area contributed by atoms with Crippen LogP contribution in [0, 0.1) is 0 Å². The second-order valence-electron chi connectivity index (χ2n) is 6.12. The van der Waals surface area contributed by atoms with E-state index in [-0.39, 0.29) is 10.8 Å². The van der Waals surface area contributed by atoms with Crippen molar-refractivity contribution in [3.63, 3.8) is 0 Å². The third-order valence-electron chi connectivity index (χ3n) is 4.17. The van der Waals surface area contributed by atoms with Crippen LogP contribution < -0.4 is 10.7 Å². The zero-order chi connectivity index (χ0) is 20.3. The maximum atomic E-state index is 13.0. The number of ether oxygens (including phenoxy) is 1. The summed E-state index contributed by atoms with van der Waals surface area (Å²) in [5.74, 6) is -0.443. The van der Waals surface area contributed by atoms with Crippen molar-refractivity contribution in [2.75, 3.05) is 5.32 Å². The molecule has 146 valence electrons. The van der Waals surface area contributed by atoms with Crippen molar-refractivity contribution >= 4 is 34.7 Å². The summed E-state index contributed by atoms with van der Waals surface area (Å²) in [6.45, 7) is 1.64. The van der Waals surface area contributed by atoms with Crippen LogP contribution in [0.2, 0.25) is 0 Å². The lowest BCUT2D eigenvalue weighted by atomic mass is 9.97. The van der Waals surface area contributed by atoms with Gasteiger partial charge in [0.15, 0.2) is 5.11 Å². The van der Waals surface area contributed by atoms with Gasteiger partial charge in [0.05, 0.1) is 22.5 Å². The molecular weight excluding hydrogens is 391 g/mol. The number of halogens is 3. The average Bonchev–Trinajstić information content (AvgIpc) is 2.65. The van der Waals surface area contributed by atoms with Crippen LogP contribution in [0.25, 0.3) is 0 Å². The van der Waals surface area contributed by atoms with Crippen LogP contribution in [0.15, 0.2) is 53.6 Å². The Balaban J connectivity index is 1.66. The Morgan fingerprint density at radius 2 is 1.86 bits per heavy atom. The molecule has 5 nitrogen and oxygen atoms in total. The number of hydrazone groups is 1. The van der Waals surface area contributed by atoms with Gasteiger partial charge in [-0.3, -0.25) is 5.43 Å². The van der Waals surface area contributed by atoms with E-state index in [2.05, 4.69) is 15.8 Å². The van der Waals surface area contributed by atoms with Crippen LogP contribution in [-0.2, 0) is 17.3 Å². The molecule has 1 unspecified atom stereocenters. The smallest absolute Gasteiger partial charge is 0.418 e. The van der Waals surface area contributed by atoms with Gasteiger partial charge in [0.2, 0.25) is 0 Å². The molecule has 1 aliphatic rings. The summed E-state index contributed by atoms with van der Waals surface area (Å²) >= 11 is 5.02. The van der Waals surface area contributed by atoms with Gasteiger partial charge in [-0.05, 0) is 42.9 Å². The molecule has 0 spiro atoms. The van der Waals surface area contributed by atoms with Gasteiger partial charge >= 0.3 is 12.1 Å². The highest BCUT2D eigenvalue weighted by atomic mass is 32.1. The number of rotatable bonds is 3. The second-order valence-corrected chi connectivity index (χ2v) is 6.53. The highest BCUT2D eigenvalue weighted by Crippen LogP contribution is 2.34. The van der Waals surface area contributed by atoms with Crippen molar-refractivity contribution in [1.29, 1.82) is 0 Å². The highest BCUT2D eigenvalue weighted by molar-refractivity contribution is 7.80. The lowest BCUT2D eigenvalue weighted by molar-refractivity contribution is -0.136. The quantitative estimate of drug-likeness (QED) is 0.346. The van der Waals surface area contributed by atoms with Crippen LogP contribution in [0.4, 0.5) is 18.9 Å². The van der Waals surface area contributed by atoms with E-state index in [0.717, 1.165) is 11.6 Å². The number of esters is 1. The van der Waals surface area contributed by atoms with Crippen molar-refractivity contribution in [2.45, 2.75) is 25.6 Å². The zero-order valence-corrected chi connectivity index (χ0v) is 15.5. The minimum absolute atomic E-state index is 0.112. The summed E-state index contributed by atoms with van der Waals surface area (Å²) in [4.78, 5) is 12.1. The van der Waals surface area contributed by atoms with Crippen LogP contribution in [0.5, 0.6) is 0 Å². The van der Waals surface area contributed by atoms with Crippen LogP contribution in [0.1, 0.15) is 28.4 Å². The summed E-state index contributed by atoms with van der Waals surface area (Å²) in [5, 5.41) is 6.42. The summed E-state index contributed by atoms with van der Waals surface area (Å²) in [6, 6.07) is 12.1. The molecule has 28 heavy (non-hydrogen) atoms. The van der Waals surface area contributed by atoms with Gasteiger partial charge in [-0.1, -0.05) is 30.3 Å². The zero-order valence-electron chi connectivity index (χ0n) is 14.7. The van der Waals surface area contributed by atoms with Gasteiger partial charge in [-0.2, -0.15) is 18.3 Å². The number of carbonyl (C=O) groups excluding carboxylic acids is 1. The lowest BCUT2D eigenvalue weighted by Crippen LogP contribution is -2.35. The fraction of sp³-hybridized carbons (Fsp3) is 0.211. The van der Waals surface area contributed by atoms with E-state index in [1.807, 2.05) is 12.1 Å². The molecule has 3 rings (SSSR count). The van der Waals surface area contributed by atoms with E-state index in [4.69, 9.17) is 17.0 Å². The summed E-state index contributed by atoms with van der Waals surface area (Å²) < 4.78 is 44.5. The molecule has 0 fully saturated rings. The number of anilines is 1. The van der Waals surface area contributed by atoms with Crippen LogP contribution >= 0.6 is 12.2 Å². The number of hydrogen-bond acceptors (Lipinski definition) is 4. The second kappa shape index (κ2) is 7.97. The third-order valence-corrected chi connectivity index (χ3v) is 4.37. The van der Waals surface area contributed by atoms with E-state index in [0.29, 0.717) is 17.7 Å². The fourth-order valence-electron chi connectivity index (χ4n) is 2.77. The number of benzene rings is 2. The molecule has 0 saturated heterocycles. The molecule has 0 aliphatic carbocycles.